The summed E-state index contributed by atoms with van der Waals surface area (Å²) in [5, 5.41) is 12.1. The van der Waals surface area contributed by atoms with Crippen LogP contribution in [-0.4, -0.2) is 63.0 Å². The van der Waals surface area contributed by atoms with Crippen molar-refractivity contribution in [2.45, 2.75) is 130 Å². The average molecular weight is 641 g/mol. The Bertz CT molecular complexity index is 1250. The van der Waals surface area contributed by atoms with Crippen LogP contribution in [0.2, 0.25) is 0 Å². The Labute approximate surface area is 275 Å². The van der Waals surface area contributed by atoms with Crippen molar-refractivity contribution < 1.29 is 23.7 Å². The Morgan fingerprint density at radius 2 is 1.26 bits per heavy atom. The summed E-state index contributed by atoms with van der Waals surface area (Å²) in [5.41, 5.74) is 1.11. The van der Waals surface area contributed by atoms with Gasteiger partial charge in [0.05, 0.1) is 39.6 Å². The third-order valence-electron chi connectivity index (χ3n) is 8.37. The second-order valence-corrected chi connectivity index (χ2v) is 12.3. The Morgan fingerprint density at radius 3 is 1.91 bits per heavy atom. The van der Waals surface area contributed by atoms with E-state index in [0.717, 1.165) is 30.2 Å². The van der Waals surface area contributed by atoms with Gasteiger partial charge in [-0.1, -0.05) is 76.8 Å². The molecule has 0 radical (unpaired) electrons. The van der Waals surface area contributed by atoms with Crippen molar-refractivity contribution in [2.24, 2.45) is 0 Å². The van der Waals surface area contributed by atoms with Gasteiger partial charge in [-0.2, -0.15) is 10.2 Å². The van der Waals surface area contributed by atoms with Gasteiger partial charge in [0.1, 0.15) is 30.2 Å². The molecule has 2 aromatic heterocycles. The van der Waals surface area contributed by atoms with E-state index in [1.54, 1.807) is 0 Å². The normalized spacial score (nSPS) is 21.5. The number of benzene rings is 1. The molecule has 0 unspecified atom stereocenters. The first kappa shape index (κ1) is 36.0. The Hall–Kier alpha value is -2.86. The predicted molar refractivity (Wildman–Crippen MR) is 177 cm³/mol. The SMILES string of the molecule is CCCCCCCCCCCCOc1ccc(Cn2nc3nc2[C@H](C)OCCO[C@@H](C)c2nc(n[nH]2)[C@H](C)OCCO[C@H]3C)cc1. The highest BCUT2D eigenvalue weighted by molar-refractivity contribution is 5.27. The summed E-state index contributed by atoms with van der Waals surface area (Å²) in [6.45, 7) is 12.9. The van der Waals surface area contributed by atoms with Gasteiger partial charge in [0.15, 0.2) is 23.3 Å². The van der Waals surface area contributed by atoms with Gasteiger partial charge in [0.25, 0.3) is 0 Å². The number of aromatic nitrogens is 6. The number of unbranched alkanes of at least 4 members (excludes halogenated alkanes) is 9. The van der Waals surface area contributed by atoms with E-state index in [4.69, 9.17) is 33.8 Å². The molecule has 0 spiro atoms. The predicted octanol–water partition coefficient (Wildman–Crippen LogP) is 7.77. The molecule has 4 bridgehead atoms. The summed E-state index contributed by atoms with van der Waals surface area (Å²) in [6.07, 6.45) is 12.0. The fourth-order valence-electron chi connectivity index (χ4n) is 5.46. The molecule has 11 nitrogen and oxygen atoms in total. The summed E-state index contributed by atoms with van der Waals surface area (Å²) in [5.74, 6) is 3.49. The van der Waals surface area contributed by atoms with Crippen LogP contribution in [0.5, 0.6) is 5.75 Å². The van der Waals surface area contributed by atoms with Gasteiger partial charge >= 0.3 is 0 Å². The molecule has 0 amide bonds. The van der Waals surface area contributed by atoms with Gasteiger partial charge < -0.3 is 23.7 Å². The van der Waals surface area contributed by atoms with Crippen LogP contribution in [0.25, 0.3) is 0 Å². The fraction of sp³-hybridized carbons (Fsp3) is 0.714. The van der Waals surface area contributed by atoms with Crippen LogP contribution in [0.3, 0.4) is 0 Å². The zero-order valence-corrected chi connectivity index (χ0v) is 28.7. The third kappa shape index (κ3) is 11.7. The first-order valence-electron chi connectivity index (χ1n) is 17.5. The summed E-state index contributed by atoms with van der Waals surface area (Å²) >= 11 is 0. The van der Waals surface area contributed by atoms with Crippen LogP contribution in [-0.2, 0) is 25.5 Å². The standard InChI is InChI=1S/C35H56N6O5/c1-6-7-8-9-10-11-12-13-14-15-20-46-31-18-16-30(17-19-31)25-41-35-29(5)45-24-23-43-27(3)33-36-32(38-39-33)26(2)42-21-22-44-28(4)34(37-35)40-41/h16-19,26-29H,6-15,20-25H2,1-5H3,(H,36,38,39)/t26-,27-,28-,29-/m0/s1. The van der Waals surface area contributed by atoms with Gasteiger partial charge in [0, 0.05) is 0 Å². The molecule has 4 rings (SSSR count). The largest absolute Gasteiger partial charge is 0.494 e. The van der Waals surface area contributed by atoms with E-state index in [1.807, 2.05) is 44.5 Å². The van der Waals surface area contributed by atoms with Crippen molar-refractivity contribution in [3.63, 3.8) is 0 Å². The molecule has 11 heteroatoms. The summed E-state index contributed by atoms with van der Waals surface area (Å²) in [7, 11) is 0. The number of nitrogens with one attached hydrogen (secondary N) is 1. The Morgan fingerprint density at radius 1 is 0.696 bits per heavy atom. The molecule has 1 N–H and O–H groups in total. The molecule has 1 aliphatic heterocycles. The molecular weight excluding hydrogens is 584 g/mol. The Balaban J connectivity index is 1.28. The lowest BCUT2D eigenvalue weighted by molar-refractivity contribution is -0.0216. The van der Waals surface area contributed by atoms with E-state index < -0.39 is 0 Å². The third-order valence-corrected chi connectivity index (χ3v) is 8.37. The lowest BCUT2D eigenvalue weighted by Gasteiger charge is -2.16. The van der Waals surface area contributed by atoms with Crippen LogP contribution < -0.4 is 4.74 Å². The number of rotatable bonds is 14. The van der Waals surface area contributed by atoms with Crippen molar-refractivity contribution in [3.05, 3.63) is 53.1 Å². The van der Waals surface area contributed by atoms with Crippen LogP contribution in [0.15, 0.2) is 24.3 Å². The molecular formula is C35H56N6O5. The molecule has 0 fully saturated rings. The maximum absolute atomic E-state index is 6.15. The lowest BCUT2D eigenvalue weighted by atomic mass is 10.1. The van der Waals surface area contributed by atoms with Gasteiger partial charge in [-0.05, 0) is 51.8 Å². The van der Waals surface area contributed by atoms with E-state index in [0.29, 0.717) is 50.4 Å². The van der Waals surface area contributed by atoms with Crippen molar-refractivity contribution >= 4 is 0 Å². The number of aromatic amines is 1. The van der Waals surface area contributed by atoms with E-state index in [9.17, 15) is 0 Å². The van der Waals surface area contributed by atoms with Gasteiger partial charge in [-0.15, -0.1) is 0 Å². The second kappa shape index (κ2) is 19.7. The molecule has 3 heterocycles. The highest BCUT2D eigenvalue weighted by Gasteiger charge is 2.22. The topological polar surface area (TPSA) is 118 Å². The fourth-order valence-corrected chi connectivity index (χ4v) is 5.46. The molecule has 1 aromatic carbocycles. The molecule has 3 aromatic rings. The summed E-state index contributed by atoms with van der Waals surface area (Å²) in [4.78, 5) is 9.40. The minimum Gasteiger partial charge on any atom is -0.494 e. The average Bonchev–Trinajstić information content (AvgIpc) is 3.72. The van der Waals surface area contributed by atoms with Crippen molar-refractivity contribution in [1.82, 2.24) is 29.9 Å². The number of ether oxygens (including phenoxy) is 5. The molecule has 1 aliphatic rings. The maximum Gasteiger partial charge on any atom is 0.179 e. The molecule has 256 valence electrons. The number of fused-ring (bicyclic) bond motifs is 4. The van der Waals surface area contributed by atoms with Crippen molar-refractivity contribution in [3.8, 4) is 5.75 Å². The van der Waals surface area contributed by atoms with Crippen LogP contribution in [0, 0.1) is 0 Å². The zero-order chi connectivity index (χ0) is 32.6. The first-order chi connectivity index (χ1) is 22.4. The monoisotopic (exact) mass is 640 g/mol. The molecule has 0 saturated heterocycles. The zero-order valence-electron chi connectivity index (χ0n) is 28.7. The summed E-state index contributed by atoms with van der Waals surface area (Å²) in [6, 6.07) is 8.26. The number of hydrogen-bond acceptors (Lipinski definition) is 9. The highest BCUT2D eigenvalue weighted by Crippen LogP contribution is 2.23. The lowest BCUT2D eigenvalue weighted by Crippen LogP contribution is -2.15. The van der Waals surface area contributed by atoms with E-state index in [-0.39, 0.29) is 24.4 Å². The number of H-pyrrole nitrogens is 1. The minimum atomic E-state index is -0.314. The van der Waals surface area contributed by atoms with Gasteiger partial charge in [-0.25, -0.2) is 14.6 Å². The van der Waals surface area contributed by atoms with Crippen LogP contribution in [0.1, 0.15) is 152 Å². The van der Waals surface area contributed by atoms with Crippen LogP contribution >= 0.6 is 0 Å². The first-order valence-corrected chi connectivity index (χ1v) is 17.5. The smallest absolute Gasteiger partial charge is 0.179 e. The minimum absolute atomic E-state index is 0.257. The van der Waals surface area contributed by atoms with Gasteiger partial charge in [0.2, 0.25) is 0 Å². The number of nitrogens with zero attached hydrogens (tertiary/aromatic N) is 5. The van der Waals surface area contributed by atoms with E-state index in [2.05, 4.69) is 34.2 Å². The van der Waals surface area contributed by atoms with E-state index >= 15 is 0 Å². The van der Waals surface area contributed by atoms with E-state index in [1.165, 1.54) is 57.8 Å². The van der Waals surface area contributed by atoms with Gasteiger partial charge in [-0.3, -0.25) is 5.10 Å². The molecule has 0 aliphatic carbocycles. The highest BCUT2D eigenvalue weighted by atomic mass is 16.5. The van der Waals surface area contributed by atoms with Crippen molar-refractivity contribution in [1.29, 1.82) is 0 Å². The van der Waals surface area contributed by atoms with Crippen LogP contribution in [0.4, 0.5) is 0 Å². The molecule has 0 saturated carbocycles. The molecule has 4 atom stereocenters. The van der Waals surface area contributed by atoms with Crippen molar-refractivity contribution in [2.75, 3.05) is 33.0 Å². The molecule has 46 heavy (non-hydrogen) atoms. The Kier molecular flexibility index (Phi) is 15.4. The maximum atomic E-state index is 6.15. The second-order valence-electron chi connectivity index (χ2n) is 12.3. The quantitative estimate of drug-likeness (QED) is 0.176. The number of hydrogen-bond donors (Lipinski definition) is 1. The summed E-state index contributed by atoms with van der Waals surface area (Å²) < 4.78 is 32.0.